The van der Waals surface area contributed by atoms with Gasteiger partial charge in [0.25, 0.3) is 0 Å². The van der Waals surface area contributed by atoms with Gasteiger partial charge in [-0.3, -0.25) is 4.79 Å². The SMILES string of the molecule is CC(NC(=O)CCc1ccccc1F)c1nc2ccccc2o1. The van der Waals surface area contributed by atoms with Gasteiger partial charge in [0.2, 0.25) is 11.8 Å². The zero-order valence-electron chi connectivity index (χ0n) is 12.8. The van der Waals surface area contributed by atoms with Gasteiger partial charge in [0.1, 0.15) is 17.4 Å². The average Bonchev–Trinajstić information content (AvgIpc) is 2.98. The van der Waals surface area contributed by atoms with E-state index in [9.17, 15) is 9.18 Å². The number of rotatable bonds is 5. The molecule has 118 valence electrons. The lowest BCUT2D eigenvalue weighted by molar-refractivity contribution is -0.121. The van der Waals surface area contributed by atoms with Gasteiger partial charge in [0.05, 0.1) is 0 Å². The van der Waals surface area contributed by atoms with Crippen molar-refractivity contribution in [2.75, 3.05) is 0 Å². The van der Waals surface area contributed by atoms with Crippen LogP contribution in [0, 0.1) is 5.82 Å². The summed E-state index contributed by atoms with van der Waals surface area (Å²) in [5, 5.41) is 2.83. The normalized spacial score (nSPS) is 12.3. The van der Waals surface area contributed by atoms with Crippen LogP contribution in [0.15, 0.2) is 52.9 Å². The number of nitrogens with zero attached hydrogens (tertiary/aromatic N) is 1. The van der Waals surface area contributed by atoms with E-state index < -0.39 is 0 Å². The quantitative estimate of drug-likeness (QED) is 0.780. The lowest BCUT2D eigenvalue weighted by atomic mass is 10.1. The Balaban J connectivity index is 1.60. The van der Waals surface area contributed by atoms with Crippen molar-refractivity contribution in [2.45, 2.75) is 25.8 Å². The van der Waals surface area contributed by atoms with Crippen LogP contribution in [0.5, 0.6) is 0 Å². The highest BCUT2D eigenvalue weighted by Gasteiger charge is 2.16. The van der Waals surface area contributed by atoms with Gasteiger partial charge < -0.3 is 9.73 Å². The molecule has 0 aliphatic heterocycles. The Hall–Kier alpha value is -2.69. The molecule has 1 N–H and O–H groups in total. The molecular weight excluding hydrogens is 295 g/mol. The largest absolute Gasteiger partial charge is 0.438 e. The van der Waals surface area contributed by atoms with E-state index in [0.29, 0.717) is 23.5 Å². The van der Waals surface area contributed by atoms with Crippen LogP contribution in [0.3, 0.4) is 0 Å². The zero-order chi connectivity index (χ0) is 16.2. The molecule has 0 saturated heterocycles. The molecule has 4 nitrogen and oxygen atoms in total. The highest BCUT2D eigenvalue weighted by Crippen LogP contribution is 2.19. The van der Waals surface area contributed by atoms with Gasteiger partial charge in [-0.05, 0) is 37.1 Å². The maximum Gasteiger partial charge on any atom is 0.220 e. The topological polar surface area (TPSA) is 55.1 Å². The summed E-state index contributed by atoms with van der Waals surface area (Å²) in [5.41, 5.74) is 1.99. The fourth-order valence-electron chi connectivity index (χ4n) is 2.40. The van der Waals surface area contributed by atoms with Gasteiger partial charge in [0.15, 0.2) is 5.58 Å². The second-order valence-electron chi connectivity index (χ2n) is 5.40. The molecule has 0 saturated carbocycles. The molecule has 1 aromatic heterocycles. The number of benzene rings is 2. The summed E-state index contributed by atoms with van der Waals surface area (Å²) in [6.07, 6.45) is 0.574. The summed E-state index contributed by atoms with van der Waals surface area (Å²) >= 11 is 0. The molecule has 0 aliphatic carbocycles. The first-order valence-electron chi connectivity index (χ1n) is 7.52. The Morgan fingerprint density at radius 3 is 2.74 bits per heavy atom. The van der Waals surface area contributed by atoms with Crippen LogP contribution in [0.4, 0.5) is 4.39 Å². The summed E-state index contributed by atoms with van der Waals surface area (Å²) in [6.45, 7) is 1.81. The zero-order valence-corrected chi connectivity index (χ0v) is 12.8. The first-order chi connectivity index (χ1) is 11.1. The van der Waals surface area contributed by atoms with Crippen molar-refractivity contribution in [1.82, 2.24) is 10.3 Å². The predicted octanol–water partition coefficient (Wildman–Crippen LogP) is 3.78. The third-order valence-electron chi connectivity index (χ3n) is 3.64. The Morgan fingerprint density at radius 2 is 1.96 bits per heavy atom. The molecule has 1 amide bonds. The van der Waals surface area contributed by atoms with Crippen molar-refractivity contribution >= 4 is 17.0 Å². The van der Waals surface area contributed by atoms with Gasteiger partial charge >= 0.3 is 0 Å². The summed E-state index contributed by atoms with van der Waals surface area (Å²) in [5.74, 6) is 0.0146. The van der Waals surface area contributed by atoms with Gasteiger partial charge in [-0.2, -0.15) is 0 Å². The summed E-state index contributed by atoms with van der Waals surface area (Å²) in [4.78, 5) is 16.4. The van der Waals surface area contributed by atoms with Crippen LogP contribution in [0.1, 0.15) is 30.8 Å². The Bertz CT molecular complexity index is 796. The van der Waals surface area contributed by atoms with Crippen molar-refractivity contribution in [3.63, 3.8) is 0 Å². The van der Waals surface area contributed by atoms with E-state index in [1.165, 1.54) is 6.07 Å². The van der Waals surface area contributed by atoms with E-state index in [1.807, 2.05) is 31.2 Å². The molecule has 3 rings (SSSR count). The number of para-hydroxylation sites is 2. The molecule has 5 heteroatoms. The first kappa shape index (κ1) is 15.2. The fraction of sp³-hybridized carbons (Fsp3) is 0.222. The van der Waals surface area contributed by atoms with E-state index in [1.54, 1.807) is 18.2 Å². The molecule has 0 spiro atoms. The lowest BCUT2D eigenvalue weighted by Gasteiger charge is -2.10. The van der Waals surface area contributed by atoms with Gasteiger partial charge in [-0.1, -0.05) is 30.3 Å². The van der Waals surface area contributed by atoms with E-state index >= 15 is 0 Å². The highest BCUT2D eigenvalue weighted by atomic mass is 19.1. The van der Waals surface area contributed by atoms with Gasteiger partial charge in [-0.15, -0.1) is 0 Å². The molecule has 1 unspecified atom stereocenters. The molecule has 2 aromatic carbocycles. The van der Waals surface area contributed by atoms with Crippen molar-refractivity contribution in [3.05, 3.63) is 65.8 Å². The first-order valence-corrected chi connectivity index (χ1v) is 7.52. The predicted molar refractivity (Wildman–Crippen MR) is 85.3 cm³/mol. The van der Waals surface area contributed by atoms with E-state index in [-0.39, 0.29) is 24.2 Å². The highest BCUT2D eigenvalue weighted by molar-refractivity contribution is 5.77. The minimum Gasteiger partial charge on any atom is -0.438 e. The molecule has 3 aromatic rings. The molecule has 0 fully saturated rings. The second-order valence-corrected chi connectivity index (χ2v) is 5.40. The molecule has 0 bridgehead atoms. The lowest BCUT2D eigenvalue weighted by Crippen LogP contribution is -2.27. The van der Waals surface area contributed by atoms with Crippen LogP contribution in [-0.2, 0) is 11.2 Å². The number of halogens is 1. The van der Waals surface area contributed by atoms with Crippen LogP contribution in [0.25, 0.3) is 11.1 Å². The third kappa shape index (κ3) is 3.56. The molecule has 23 heavy (non-hydrogen) atoms. The molecular formula is C18H17FN2O2. The monoisotopic (exact) mass is 312 g/mol. The van der Waals surface area contributed by atoms with E-state index in [4.69, 9.17) is 4.42 Å². The number of aromatic nitrogens is 1. The minimum absolute atomic E-state index is 0.164. The molecule has 0 aliphatic rings. The smallest absolute Gasteiger partial charge is 0.220 e. The Labute approximate surface area is 133 Å². The minimum atomic E-state index is -0.337. The maximum absolute atomic E-state index is 13.5. The molecule has 1 heterocycles. The van der Waals surface area contributed by atoms with Crippen molar-refractivity contribution in [2.24, 2.45) is 0 Å². The Morgan fingerprint density at radius 1 is 1.22 bits per heavy atom. The third-order valence-corrected chi connectivity index (χ3v) is 3.64. The second kappa shape index (κ2) is 6.60. The van der Waals surface area contributed by atoms with Crippen molar-refractivity contribution < 1.29 is 13.6 Å². The fourth-order valence-corrected chi connectivity index (χ4v) is 2.40. The maximum atomic E-state index is 13.5. The number of aryl methyl sites for hydroxylation is 1. The van der Waals surface area contributed by atoms with Crippen molar-refractivity contribution in [3.8, 4) is 0 Å². The van der Waals surface area contributed by atoms with Gasteiger partial charge in [-0.25, -0.2) is 9.37 Å². The Kier molecular flexibility index (Phi) is 4.37. The number of nitrogens with one attached hydrogen (secondary N) is 1. The number of fused-ring (bicyclic) bond motifs is 1. The number of oxazole rings is 1. The summed E-state index contributed by atoms with van der Waals surface area (Å²) in [6, 6.07) is 13.6. The summed E-state index contributed by atoms with van der Waals surface area (Å²) in [7, 11) is 0. The average molecular weight is 312 g/mol. The van der Waals surface area contributed by atoms with Crippen LogP contribution >= 0.6 is 0 Å². The number of amides is 1. The molecule has 1 atom stereocenters. The van der Waals surface area contributed by atoms with Crippen LogP contribution < -0.4 is 5.32 Å². The number of carbonyl (C=O) groups excluding carboxylic acids is 1. The van der Waals surface area contributed by atoms with E-state index in [0.717, 1.165) is 5.52 Å². The number of hydrogen-bond donors (Lipinski definition) is 1. The molecule has 0 radical (unpaired) electrons. The standard InChI is InChI=1S/C18H17FN2O2/c1-12(18-21-15-8-4-5-9-16(15)23-18)20-17(22)11-10-13-6-2-3-7-14(13)19/h2-9,12H,10-11H2,1H3,(H,20,22). The number of carbonyl (C=O) groups is 1. The van der Waals surface area contributed by atoms with Crippen molar-refractivity contribution in [1.29, 1.82) is 0 Å². The van der Waals surface area contributed by atoms with Crippen LogP contribution in [-0.4, -0.2) is 10.9 Å². The summed E-state index contributed by atoms with van der Waals surface area (Å²) < 4.78 is 19.2. The van der Waals surface area contributed by atoms with Gasteiger partial charge in [0, 0.05) is 6.42 Å². The van der Waals surface area contributed by atoms with E-state index in [2.05, 4.69) is 10.3 Å². The number of hydrogen-bond acceptors (Lipinski definition) is 3. The van der Waals surface area contributed by atoms with Crippen LogP contribution in [0.2, 0.25) is 0 Å².